The molecule has 0 aliphatic heterocycles. The molecule has 0 atom stereocenters. The Morgan fingerprint density at radius 1 is 0.800 bits per heavy atom. The van der Waals surface area contributed by atoms with Crippen LogP contribution in [0.4, 0.5) is 0 Å². The second-order valence-electron chi connectivity index (χ2n) is 5.36. The van der Waals surface area contributed by atoms with Crippen LogP contribution in [0.1, 0.15) is 12.5 Å². The fraction of sp³-hybridized carbons (Fsp3) is 0.100. The van der Waals surface area contributed by atoms with E-state index in [1.165, 1.54) is 37.9 Å². The van der Waals surface area contributed by atoms with E-state index in [-0.39, 0.29) is 0 Å². The molecule has 0 fully saturated rings. The van der Waals surface area contributed by atoms with Crippen LogP contribution in [0.5, 0.6) is 0 Å². The summed E-state index contributed by atoms with van der Waals surface area (Å²) in [6.07, 6.45) is 5.36. The van der Waals surface area contributed by atoms with Crippen LogP contribution in [0.25, 0.3) is 32.3 Å². The Kier molecular flexibility index (Phi) is 2.50. The third-order valence-electron chi connectivity index (χ3n) is 4.17. The van der Waals surface area contributed by atoms with Crippen LogP contribution in [0.3, 0.4) is 0 Å². The van der Waals surface area contributed by atoms with Crippen molar-refractivity contribution in [3.8, 4) is 0 Å². The van der Waals surface area contributed by atoms with Gasteiger partial charge in [-0.15, -0.1) is 0 Å². The fourth-order valence-corrected chi connectivity index (χ4v) is 3.25. The van der Waals surface area contributed by atoms with Crippen LogP contribution in [-0.4, -0.2) is 0 Å². The lowest BCUT2D eigenvalue weighted by molar-refractivity contribution is 1.30. The van der Waals surface area contributed by atoms with Gasteiger partial charge in [0.25, 0.3) is 0 Å². The van der Waals surface area contributed by atoms with Crippen LogP contribution < -0.4 is 0 Å². The maximum atomic E-state index is 2.35. The Bertz CT molecular complexity index is 929. The van der Waals surface area contributed by atoms with Gasteiger partial charge < -0.3 is 0 Å². The normalized spacial score (nSPS) is 12.2. The highest BCUT2D eigenvalue weighted by molar-refractivity contribution is 6.23. The SMILES string of the molecule is CC=CCc1cc2cccc3ccc4cccc1c4c32. The third-order valence-corrected chi connectivity index (χ3v) is 4.17. The quantitative estimate of drug-likeness (QED) is 0.318. The van der Waals surface area contributed by atoms with Crippen molar-refractivity contribution in [1.82, 2.24) is 0 Å². The molecule has 0 saturated heterocycles. The van der Waals surface area contributed by atoms with E-state index in [0.717, 1.165) is 6.42 Å². The highest BCUT2D eigenvalue weighted by atomic mass is 14.1. The second kappa shape index (κ2) is 4.35. The van der Waals surface area contributed by atoms with Gasteiger partial charge in [0.05, 0.1) is 0 Å². The van der Waals surface area contributed by atoms with E-state index in [4.69, 9.17) is 0 Å². The topological polar surface area (TPSA) is 0 Å². The average Bonchev–Trinajstić information content (AvgIpc) is 2.51. The van der Waals surface area contributed by atoms with E-state index in [9.17, 15) is 0 Å². The summed E-state index contributed by atoms with van der Waals surface area (Å²) in [5.41, 5.74) is 1.42. The first-order valence-corrected chi connectivity index (χ1v) is 7.15. The summed E-state index contributed by atoms with van der Waals surface area (Å²) in [5.74, 6) is 0. The van der Waals surface area contributed by atoms with E-state index in [1.54, 1.807) is 0 Å². The minimum atomic E-state index is 1.00. The first-order chi connectivity index (χ1) is 9.88. The molecule has 0 heterocycles. The minimum absolute atomic E-state index is 1.00. The van der Waals surface area contributed by atoms with Gasteiger partial charge >= 0.3 is 0 Å². The Balaban J connectivity index is 2.24. The second-order valence-corrected chi connectivity index (χ2v) is 5.36. The molecule has 0 aromatic heterocycles. The van der Waals surface area contributed by atoms with Gasteiger partial charge in [0, 0.05) is 0 Å². The smallest absolute Gasteiger partial charge is 0.00239 e. The lowest BCUT2D eigenvalue weighted by Crippen LogP contribution is -1.89. The van der Waals surface area contributed by atoms with Crippen LogP contribution in [0.15, 0.2) is 66.7 Å². The summed E-state index contributed by atoms with van der Waals surface area (Å²) in [7, 11) is 0. The van der Waals surface area contributed by atoms with Crippen molar-refractivity contribution in [2.24, 2.45) is 0 Å². The monoisotopic (exact) mass is 256 g/mol. The average molecular weight is 256 g/mol. The van der Waals surface area contributed by atoms with Gasteiger partial charge in [-0.1, -0.05) is 66.7 Å². The molecule has 4 rings (SSSR count). The van der Waals surface area contributed by atoms with E-state index in [2.05, 4.69) is 73.7 Å². The van der Waals surface area contributed by atoms with Crippen molar-refractivity contribution in [1.29, 1.82) is 0 Å². The molecule has 0 unspecified atom stereocenters. The van der Waals surface area contributed by atoms with Gasteiger partial charge in [-0.05, 0) is 51.2 Å². The van der Waals surface area contributed by atoms with Crippen molar-refractivity contribution >= 4 is 32.3 Å². The van der Waals surface area contributed by atoms with Gasteiger partial charge in [-0.2, -0.15) is 0 Å². The molecular formula is C20H16. The zero-order valence-corrected chi connectivity index (χ0v) is 11.6. The molecule has 0 amide bonds. The number of benzene rings is 4. The molecule has 0 saturated carbocycles. The first kappa shape index (κ1) is 11.5. The Morgan fingerprint density at radius 3 is 2.30 bits per heavy atom. The molecule has 0 spiro atoms. The maximum Gasteiger partial charge on any atom is -0.00239 e. The summed E-state index contributed by atoms with van der Waals surface area (Å²) < 4.78 is 0. The van der Waals surface area contributed by atoms with Crippen LogP contribution in [-0.2, 0) is 6.42 Å². The van der Waals surface area contributed by atoms with Crippen molar-refractivity contribution < 1.29 is 0 Å². The lowest BCUT2D eigenvalue weighted by atomic mass is 9.90. The fourth-order valence-electron chi connectivity index (χ4n) is 3.25. The summed E-state index contributed by atoms with van der Waals surface area (Å²) in [4.78, 5) is 0. The highest BCUT2D eigenvalue weighted by Gasteiger charge is 2.10. The Hall–Kier alpha value is -2.34. The van der Waals surface area contributed by atoms with Gasteiger partial charge in [-0.25, -0.2) is 0 Å². The number of hydrogen-bond acceptors (Lipinski definition) is 0. The summed E-state index contributed by atoms with van der Waals surface area (Å²) in [6.45, 7) is 2.08. The van der Waals surface area contributed by atoms with Crippen molar-refractivity contribution in [3.05, 3.63) is 72.3 Å². The molecule has 0 N–H and O–H groups in total. The first-order valence-electron chi connectivity index (χ1n) is 7.15. The predicted octanol–water partition coefficient (Wildman–Crippen LogP) is 5.70. The maximum absolute atomic E-state index is 2.35. The number of rotatable bonds is 2. The van der Waals surface area contributed by atoms with Crippen molar-refractivity contribution in [3.63, 3.8) is 0 Å². The summed E-state index contributed by atoms with van der Waals surface area (Å²) in [5, 5.41) is 8.25. The van der Waals surface area contributed by atoms with E-state index >= 15 is 0 Å². The summed E-state index contributed by atoms with van der Waals surface area (Å²) >= 11 is 0. The molecule has 4 aromatic rings. The Labute approximate surface area is 118 Å². The number of hydrogen-bond donors (Lipinski definition) is 0. The van der Waals surface area contributed by atoms with Crippen LogP contribution >= 0.6 is 0 Å². The molecule has 0 radical (unpaired) electrons. The van der Waals surface area contributed by atoms with Crippen LogP contribution in [0, 0.1) is 0 Å². The van der Waals surface area contributed by atoms with Gasteiger partial charge in [0.2, 0.25) is 0 Å². The van der Waals surface area contributed by atoms with E-state index < -0.39 is 0 Å². The zero-order chi connectivity index (χ0) is 13.5. The van der Waals surface area contributed by atoms with Crippen molar-refractivity contribution in [2.75, 3.05) is 0 Å². The Morgan fingerprint density at radius 2 is 1.50 bits per heavy atom. The minimum Gasteiger partial charge on any atom is -0.0913 e. The molecular weight excluding hydrogens is 240 g/mol. The molecule has 0 heteroatoms. The molecule has 4 aromatic carbocycles. The molecule has 0 nitrogen and oxygen atoms in total. The van der Waals surface area contributed by atoms with Gasteiger partial charge in [0.15, 0.2) is 0 Å². The number of allylic oxidation sites excluding steroid dienone is 2. The summed E-state index contributed by atoms with van der Waals surface area (Å²) in [6, 6.07) is 20.1. The van der Waals surface area contributed by atoms with Crippen molar-refractivity contribution in [2.45, 2.75) is 13.3 Å². The van der Waals surface area contributed by atoms with Gasteiger partial charge in [-0.3, -0.25) is 0 Å². The van der Waals surface area contributed by atoms with Crippen LogP contribution in [0.2, 0.25) is 0 Å². The van der Waals surface area contributed by atoms with Gasteiger partial charge in [0.1, 0.15) is 0 Å². The molecule has 0 aliphatic carbocycles. The predicted molar refractivity (Wildman–Crippen MR) is 88.7 cm³/mol. The largest absolute Gasteiger partial charge is 0.0913 e. The molecule has 20 heavy (non-hydrogen) atoms. The molecule has 0 bridgehead atoms. The third kappa shape index (κ3) is 1.55. The highest BCUT2D eigenvalue weighted by Crippen LogP contribution is 2.36. The van der Waals surface area contributed by atoms with E-state index in [1.807, 2.05) is 0 Å². The van der Waals surface area contributed by atoms with E-state index in [0.29, 0.717) is 0 Å². The molecule has 96 valence electrons. The molecule has 0 aliphatic rings. The lowest BCUT2D eigenvalue weighted by Gasteiger charge is -2.13. The standard InChI is InChI=1S/C20H16/c1-2-3-6-16-13-17-9-4-7-14-11-12-15-8-5-10-18(16)20(15)19(14)17/h2-5,7-13H,6H2,1H3. The zero-order valence-electron chi connectivity index (χ0n) is 11.6.